The van der Waals surface area contributed by atoms with Crippen molar-refractivity contribution in [3.05, 3.63) is 89.1 Å². The molecule has 0 saturated carbocycles. The van der Waals surface area contributed by atoms with E-state index in [1.54, 1.807) is 30.4 Å². The minimum atomic E-state index is -1.14. The van der Waals surface area contributed by atoms with E-state index in [1.165, 1.54) is 6.08 Å². The van der Waals surface area contributed by atoms with Gasteiger partial charge in [-0.3, -0.25) is 0 Å². The second kappa shape index (κ2) is 9.37. The topological polar surface area (TPSA) is 57.1 Å². The van der Waals surface area contributed by atoms with Crippen LogP contribution in [0.3, 0.4) is 0 Å². The van der Waals surface area contributed by atoms with Crippen LogP contribution in [0.1, 0.15) is 11.1 Å². The molecule has 5 nitrogen and oxygen atoms in total. The average molecular weight is 432 g/mol. The van der Waals surface area contributed by atoms with E-state index in [2.05, 4.69) is 18.2 Å². The van der Waals surface area contributed by atoms with Crippen LogP contribution in [0.25, 0.3) is 6.08 Å². The first-order valence-electron chi connectivity index (χ1n) is 8.72. The van der Waals surface area contributed by atoms with E-state index in [-0.39, 0.29) is 28.8 Å². The third-order valence-corrected chi connectivity index (χ3v) is 4.18. The lowest BCUT2D eigenvalue weighted by Gasteiger charge is -2.10. The zero-order chi connectivity index (χ0) is 21.7. The maximum absolute atomic E-state index is 13.6. The summed E-state index contributed by atoms with van der Waals surface area (Å²) in [6.45, 7) is 7.74. The lowest BCUT2D eigenvalue weighted by Crippen LogP contribution is -2.07. The van der Waals surface area contributed by atoms with E-state index in [0.717, 1.165) is 12.1 Å². The van der Waals surface area contributed by atoms with Gasteiger partial charge in [-0.05, 0) is 30.3 Å². The van der Waals surface area contributed by atoms with Crippen LogP contribution >= 0.6 is 11.6 Å². The first-order valence-corrected chi connectivity index (χ1v) is 9.09. The number of carbonyl (C=O) groups excluding carboxylic acids is 1. The fraction of sp³-hybridized carbons (Fsp3) is 0.0909. The SMILES string of the molecule is C=CCOc1ccc(C=C2N=C(c3cc(F)c(F)cc3Cl)OC2=O)c(OCC=C)c1. The number of carbonyl (C=O) groups is 1. The molecule has 2 aromatic carbocycles. The van der Waals surface area contributed by atoms with Crippen molar-refractivity contribution in [3.63, 3.8) is 0 Å². The van der Waals surface area contributed by atoms with Gasteiger partial charge >= 0.3 is 5.97 Å². The number of benzene rings is 2. The summed E-state index contributed by atoms with van der Waals surface area (Å²) < 4.78 is 43.1. The van der Waals surface area contributed by atoms with Crippen LogP contribution in [-0.2, 0) is 9.53 Å². The monoisotopic (exact) mass is 431 g/mol. The molecule has 0 atom stereocenters. The maximum atomic E-state index is 13.6. The van der Waals surface area contributed by atoms with Crippen LogP contribution < -0.4 is 9.47 Å². The third-order valence-electron chi connectivity index (χ3n) is 3.86. The summed E-state index contributed by atoms with van der Waals surface area (Å²) in [6, 6.07) is 6.62. The number of hydrogen-bond acceptors (Lipinski definition) is 5. The van der Waals surface area contributed by atoms with Crippen molar-refractivity contribution in [2.45, 2.75) is 0 Å². The molecule has 1 aliphatic heterocycles. The molecular formula is C22H16ClF2NO4. The van der Waals surface area contributed by atoms with Crippen LogP contribution in [-0.4, -0.2) is 25.1 Å². The molecule has 1 heterocycles. The highest BCUT2D eigenvalue weighted by Gasteiger charge is 2.27. The Morgan fingerprint density at radius 3 is 2.50 bits per heavy atom. The normalized spacial score (nSPS) is 14.3. The number of cyclic esters (lactones) is 1. The Hall–Kier alpha value is -3.45. The standard InChI is InChI=1S/C22H16ClF2NO4/c1-3-7-28-14-6-5-13(20(10-14)29-8-4-2)9-19-22(27)30-21(26-19)15-11-17(24)18(25)12-16(15)23/h3-6,9-12H,1-2,7-8H2. The Bertz CT molecular complexity index is 1080. The van der Waals surface area contributed by atoms with E-state index in [1.807, 2.05) is 0 Å². The van der Waals surface area contributed by atoms with E-state index in [4.69, 9.17) is 25.8 Å². The molecule has 0 aromatic heterocycles. The molecule has 8 heteroatoms. The number of esters is 1. The smallest absolute Gasteiger partial charge is 0.363 e. The lowest BCUT2D eigenvalue weighted by molar-refractivity contribution is -0.129. The van der Waals surface area contributed by atoms with Gasteiger partial charge in [0, 0.05) is 11.6 Å². The van der Waals surface area contributed by atoms with Gasteiger partial charge in [-0.25, -0.2) is 18.6 Å². The molecule has 2 aromatic rings. The molecule has 0 N–H and O–H groups in total. The zero-order valence-corrected chi connectivity index (χ0v) is 16.4. The second-order valence-electron chi connectivity index (χ2n) is 5.98. The number of ether oxygens (including phenoxy) is 3. The Labute approximate surface area is 176 Å². The Balaban J connectivity index is 1.97. The van der Waals surface area contributed by atoms with Gasteiger partial charge in [0.1, 0.15) is 24.7 Å². The summed E-state index contributed by atoms with van der Waals surface area (Å²) >= 11 is 5.93. The van der Waals surface area contributed by atoms with Gasteiger partial charge in [0.15, 0.2) is 17.3 Å². The maximum Gasteiger partial charge on any atom is 0.363 e. The van der Waals surface area contributed by atoms with Gasteiger partial charge in [-0.15, -0.1) is 0 Å². The Morgan fingerprint density at radius 1 is 1.07 bits per heavy atom. The summed E-state index contributed by atoms with van der Waals surface area (Å²) in [5.41, 5.74) is 0.425. The van der Waals surface area contributed by atoms with Crippen LogP contribution in [0.2, 0.25) is 5.02 Å². The summed E-state index contributed by atoms with van der Waals surface area (Å²) in [7, 11) is 0. The fourth-order valence-corrected chi connectivity index (χ4v) is 2.74. The lowest BCUT2D eigenvalue weighted by atomic mass is 10.1. The van der Waals surface area contributed by atoms with Crippen molar-refractivity contribution in [1.82, 2.24) is 0 Å². The predicted molar refractivity (Wildman–Crippen MR) is 110 cm³/mol. The largest absolute Gasteiger partial charge is 0.489 e. The summed E-state index contributed by atoms with van der Waals surface area (Å²) in [6.07, 6.45) is 4.62. The average Bonchev–Trinajstić information content (AvgIpc) is 3.08. The number of nitrogens with zero attached hydrogens (tertiary/aromatic N) is 1. The van der Waals surface area contributed by atoms with Gasteiger partial charge in [0.25, 0.3) is 0 Å². The number of hydrogen-bond donors (Lipinski definition) is 0. The molecule has 0 spiro atoms. The summed E-state index contributed by atoms with van der Waals surface area (Å²) in [5.74, 6) is -2.29. The van der Waals surface area contributed by atoms with Crippen molar-refractivity contribution in [3.8, 4) is 11.5 Å². The first kappa shape index (κ1) is 21.3. The van der Waals surface area contributed by atoms with Crippen molar-refractivity contribution >= 4 is 29.5 Å². The van der Waals surface area contributed by atoms with Crippen molar-refractivity contribution in [2.75, 3.05) is 13.2 Å². The molecule has 154 valence electrons. The molecule has 0 amide bonds. The van der Waals surface area contributed by atoms with Crippen LogP contribution in [0, 0.1) is 11.6 Å². The highest BCUT2D eigenvalue weighted by atomic mass is 35.5. The Kier molecular flexibility index (Phi) is 6.64. The number of halogens is 3. The van der Waals surface area contributed by atoms with Crippen molar-refractivity contribution < 1.29 is 27.8 Å². The van der Waals surface area contributed by atoms with Crippen LogP contribution in [0.4, 0.5) is 8.78 Å². The second-order valence-corrected chi connectivity index (χ2v) is 6.39. The molecule has 0 radical (unpaired) electrons. The fourth-order valence-electron chi connectivity index (χ4n) is 2.51. The van der Waals surface area contributed by atoms with Gasteiger partial charge < -0.3 is 14.2 Å². The van der Waals surface area contributed by atoms with Crippen molar-refractivity contribution in [1.29, 1.82) is 0 Å². The highest BCUT2D eigenvalue weighted by Crippen LogP contribution is 2.30. The predicted octanol–water partition coefficient (Wildman–Crippen LogP) is 5.09. The molecule has 3 rings (SSSR count). The summed E-state index contributed by atoms with van der Waals surface area (Å²) in [4.78, 5) is 16.3. The zero-order valence-electron chi connectivity index (χ0n) is 15.7. The van der Waals surface area contributed by atoms with E-state index in [0.29, 0.717) is 23.7 Å². The molecule has 0 unspecified atom stereocenters. The van der Waals surface area contributed by atoms with Gasteiger partial charge in [0.05, 0.1) is 10.6 Å². The quantitative estimate of drug-likeness (QED) is 0.253. The molecule has 0 saturated heterocycles. The van der Waals surface area contributed by atoms with Crippen LogP contribution in [0.5, 0.6) is 11.5 Å². The molecular weight excluding hydrogens is 416 g/mol. The van der Waals surface area contributed by atoms with E-state index >= 15 is 0 Å². The Morgan fingerprint density at radius 2 is 1.77 bits per heavy atom. The number of aliphatic imine (C=N–C) groups is 1. The summed E-state index contributed by atoms with van der Waals surface area (Å²) in [5, 5.41) is -0.138. The minimum absolute atomic E-state index is 0.0383. The number of rotatable bonds is 8. The van der Waals surface area contributed by atoms with Gasteiger partial charge in [-0.1, -0.05) is 36.9 Å². The molecule has 0 aliphatic carbocycles. The van der Waals surface area contributed by atoms with Crippen LogP contribution in [0.15, 0.2) is 66.3 Å². The van der Waals surface area contributed by atoms with E-state index < -0.39 is 17.6 Å². The first-order chi connectivity index (χ1) is 14.4. The minimum Gasteiger partial charge on any atom is -0.489 e. The third kappa shape index (κ3) is 4.75. The molecule has 30 heavy (non-hydrogen) atoms. The van der Waals surface area contributed by atoms with E-state index in [9.17, 15) is 13.6 Å². The highest BCUT2D eigenvalue weighted by molar-refractivity contribution is 6.34. The molecule has 0 bridgehead atoms. The molecule has 0 fully saturated rings. The van der Waals surface area contributed by atoms with Gasteiger partial charge in [0.2, 0.25) is 5.90 Å². The van der Waals surface area contributed by atoms with Gasteiger partial charge in [-0.2, -0.15) is 0 Å². The van der Waals surface area contributed by atoms with Crippen molar-refractivity contribution in [2.24, 2.45) is 4.99 Å². The molecule has 1 aliphatic rings.